The van der Waals surface area contributed by atoms with E-state index in [1.807, 2.05) is 0 Å². The fourth-order valence-corrected chi connectivity index (χ4v) is 3.58. The number of aromatic nitrogens is 1. The van der Waals surface area contributed by atoms with E-state index < -0.39 is 0 Å². The molecule has 0 bridgehead atoms. The van der Waals surface area contributed by atoms with Gasteiger partial charge in [0.05, 0.1) is 6.61 Å². The summed E-state index contributed by atoms with van der Waals surface area (Å²) in [6, 6.07) is 6.43. The summed E-state index contributed by atoms with van der Waals surface area (Å²) < 4.78 is 2.47. The lowest BCUT2D eigenvalue weighted by Crippen LogP contribution is -2.15. The maximum absolute atomic E-state index is 9.36. The highest BCUT2D eigenvalue weighted by molar-refractivity contribution is 5.86. The quantitative estimate of drug-likeness (QED) is 0.891. The number of rotatable bonds is 3. The molecule has 102 valence electrons. The molecule has 19 heavy (non-hydrogen) atoms. The predicted molar refractivity (Wildman–Crippen MR) is 79.3 cm³/mol. The molecule has 2 nitrogen and oxygen atoms in total. The van der Waals surface area contributed by atoms with Crippen LogP contribution in [0.5, 0.6) is 0 Å². The molecule has 0 radical (unpaired) electrons. The molecular weight excluding hydrogens is 234 g/mol. The van der Waals surface area contributed by atoms with E-state index in [0.29, 0.717) is 0 Å². The molecule has 1 heterocycles. The molecular formula is C17H23NO. The van der Waals surface area contributed by atoms with Gasteiger partial charge in [0.2, 0.25) is 0 Å². The van der Waals surface area contributed by atoms with Crippen molar-refractivity contribution in [3.05, 3.63) is 35.0 Å². The van der Waals surface area contributed by atoms with Crippen LogP contribution in [0.15, 0.2) is 18.2 Å². The number of aliphatic hydroxyl groups is 1. The van der Waals surface area contributed by atoms with Crippen molar-refractivity contribution in [3.8, 4) is 0 Å². The van der Waals surface area contributed by atoms with Crippen molar-refractivity contribution in [2.45, 2.75) is 52.7 Å². The van der Waals surface area contributed by atoms with Crippen molar-refractivity contribution in [1.29, 1.82) is 0 Å². The number of fused-ring (bicyclic) bond motifs is 3. The second-order valence-corrected chi connectivity index (χ2v) is 5.70. The van der Waals surface area contributed by atoms with E-state index in [-0.39, 0.29) is 6.61 Å². The Morgan fingerprint density at radius 1 is 1.32 bits per heavy atom. The lowest BCUT2D eigenvalue weighted by Gasteiger charge is -2.22. The number of hydrogen-bond donors (Lipinski definition) is 1. The molecule has 0 fully saturated rings. The van der Waals surface area contributed by atoms with Crippen molar-refractivity contribution in [2.75, 3.05) is 0 Å². The van der Waals surface area contributed by atoms with Gasteiger partial charge in [0.1, 0.15) is 0 Å². The Balaban J connectivity index is 2.21. The number of hydrogen-bond acceptors (Lipinski definition) is 1. The zero-order valence-electron chi connectivity index (χ0n) is 11.9. The summed E-state index contributed by atoms with van der Waals surface area (Å²) >= 11 is 0. The Morgan fingerprint density at radius 3 is 2.84 bits per heavy atom. The average molecular weight is 257 g/mol. The SMILES string of the molecule is CCC1CCc2c(c3cc(CO)ccc3n2CC)C1. The van der Waals surface area contributed by atoms with Gasteiger partial charge < -0.3 is 9.67 Å². The summed E-state index contributed by atoms with van der Waals surface area (Å²) in [7, 11) is 0. The lowest BCUT2D eigenvalue weighted by molar-refractivity contribution is 0.282. The highest BCUT2D eigenvalue weighted by Gasteiger charge is 2.24. The van der Waals surface area contributed by atoms with Crippen molar-refractivity contribution < 1.29 is 5.11 Å². The van der Waals surface area contributed by atoms with E-state index >= 15 is 0 Å². The number of benzene rings is 1. The molecule has 1 aliphatic carbocycles. The maximum atomic E-state index is 9.36. The summed E-state index contributed by atoms with van der Waals surface area (Å²) in [4.78, 5) is 0. The molecule has 0 amide bonds. The van der Waals surface area contributed by atoms with Gasteiger partial charge in [0, 0.05) is 23.1 Å². The first-order valence-corrected chi connectivity index (χ1v) is 7.52. The average Bonchev–Trinajstić information content (AvgIpc) is 2.79. The minimum atomic E-state index is 0.138. The molecule has 2 heteroatoms. The third kappa shape index (κ3) is 1.99. The van der Waals surface area contributed by atoms with Crippen LogP contribution in [0.2, 0.25) is 0 Å². The van der Waals surface area contributed by atoms with Crippen LogP contribution in [0.1, 0.15) is 43.5 Å². The van der Waals surface area contributed by atoms with Crippen molar-refractivity contribution in [2.24, 2.45) is 5.92 Å². The zero-order chi connectivity index (χ0) is 13.4. The molecule has 1 aromatic heterocycles. The molecule has 3 rings (SSSR count). The van der Waals surface area contributed by atoms with Gasteiger partial charge in [-0.3, -0.25) is 0 Å². The summed E-state index contributed by atoms with van der Waals surface area (Å²) in [5.74, 6) is 0.834. The largest absolute Gasteiger partial charge is 0.392 e. The second-order valence-electron chi connectivity index (χ2n) is 5.70. The molecule has 1 aromatic carbocycles. The Morgan fingerprint density at radius 2 is 2.16 bits per heavy atom. The molecule has 1 aliphatic rings. The molecule has 0 saturated heterocycles. The predicted octanol–water partition coefficient (Wildman–Crippen LogP) is 3.67. The van der Waals surface area contributed by atoms with Crippen LogP contribution in [0.3, 0.4) is 0 Å². The monoisotopic (exact) mass is 257 g/mol. The fraction of sp³-hybridized carbons (Fsp3) is 0.529. The Kier molecular flexibility index (Phi) is 3.36. The number of aliphatic hydroxyl groups excluding tert-OH is 1. The highest BCUT2D eigenvalue weighted by atomic mass is 16.3. The van der Waals surface area contributed by atoms with Crippen LogP contribution in [-0.4, -0.2) is 9.67 Å². The normalized spacial score (nSPS) is 18.8. The Bertz CT molecular complexity index is 597. The molecule has 1 N–H and O–H groups in total. The third-order valence-corrected chi connectivity index (χ3v) is 4.71. The summed E-state index contributed by atoms with van der Waals surface area (Å²) in [5.41, 5.74) is 5.46. The summed E-state index contributed by atoms with van der Waals surface area (Å²) in [5, 5.41) is 10.7. The van der Waals surface area contributed by atoms with Crippen molar-refractivity contribution in [3.63, 3.8) is 0 Å². The van der Waals surface area contributed by atoms with Crippen LogP contribution in [0.25, 0.3) is 10.9 Å². The molecule has 1 unspecified atom stereocenters. The van der Waals surface area contributed by atoms with E-state index in [1.165, 1.54) is 42.3 Å². The fourth-order valence-electron chi connectivity index (χ4n) is 3.58. The van der Waals surface area contributed by atoms with Gasteiger partial charge in [-0.25, -0.2) is 0 Å². The summed E-state index contributed by atoms with van der Waals surface area (Å²) in [6.45, 7) is 5.71. The van der Waals surface area contributed by atoms with Crippen LogP contribution in [0.4, 0.5) is 0 Å². The second kappa shape index (κ2) is 5.01. The Hall–Kier alpha value is -1.28. The highest BCUT2D eigenvalue weighted by Crippen LogP contribution is 2.35. The minimum absolute atomic E-state index is 0.138. The molecule has 0 saturated carbocycles. The molecule has 0 aliphatic heterocycles. The van der Waals surface area contributed by atoms with Gasteiger partial charge in [-0.15, -0.1) is 0 Å². The zero-order valence-corrected chi connectivity index (χ0v) is 11.9. The topological polar surface area (TPSA) is 25.2 Å². The number of nitrogens with zero attached hydrogens (tertiary/aromatic N) is 1. The van der Waals surface area contributed by atoms with E-state index in [9.17, 15) is 5.11 Å². The van der Waals surface area contributed by atoms with Crippen LogP contribution < -0.4 is 0 Å². The van der Waals surface area contributed by atoms with E-state index in [0.717, 1.165) is 18.0 Å². The maximum Gasteiger partial charge on any atom is 0.0682 e. The van der Waals surface area contributed by atoms with Crippen LogP contribution >= 0.6 is 0 Å². The first-order valence-electron chi connectivity index (χ1n) is 7.52. The first-order chi connectivity index (χ1) is 9.28. The summed E-state index contributed by atoms with van der Waals surface area (Å²) in [6.07, 6.45) is 5.03. The van der Waals surface area contributed by atoms with Crippen molar-refractivity contribution >= 4 is 10.9 Å². The van der Waals surface area contributed by atoms with Gasteiger partial charge >= 0.3 is 0 Å². The van der Waals surface area contributed by atoms with Crippen molar-refractivity contribution in [1.82, 2.24) is 4.57 Å². The van der Waals surface area contributed by atoms with Gasteiger partial charge in [-0.1, -0.05) is 19.4 Å². The van der Waals surface area contributed by atoms with Gasteiger partial charge in [-0.2, -0.15) is 0 Å². The standard InChI is InChI=1S/C17H23NO/c1-3-12-5-7-16-14(9-12)15-10-13(11-19)6-8-17(15)18(16)4-2/h6,8,10,12,19H,3-5,7,9,11H2,1-2H3. The van der Waals surface area contributed by atoms with Gasteiger partial charge in [-0.05, 0) is 55.4 Å². The van der Waals surface area contributed by atoms with E-state index in [2.05, 4.69) is 36.6 Å². The molecule has 1 atom stereocenters. The van der Waals surface area contributed by atoms with Gasteiger partial charge in [0.25, 0.3) is 0 Å². The minimum Gasteiger partial charge on any atom is -0.392 e. The first kappa shape index (κ1) is 12.7. The van der Waals surface area contributed by atoms with Gasteiger partial charge in [0.15, 0.2) is 0 Å². The molecule has 2 aromatic rings. The van der Waals surface area contributed by atoms with E-state index in [1.54, 1.807) is 5.56 Å². The molecule has 0 spiro atoms. The number of aryl methyl sites for hydroxylation is 1. The van der Waals surface area contributed by atoms with E-state index in [4.69, 9.17) is 0 Å². The van der Waals surface area contributed by atoms with Crippen LogP contribution in [-0.2, 0) is 26.0 Å². The lowest BCUT2D eigenvalue weighted by atomic mass is 9.85. The Labute approximate surface area is 115 Å². The smallest absolute Gasteiger partial charge is 0.0682 e. The van der Waals surface area contributed by atoms with Crippen LogP contribution in [0, 0.1) is 5.92 Å². The third-order valence-electron chi connectivity index (χ3n) is 4.71.